The van der Waals surface area contributed by atoms with Gasteiger partial charge >= 0.3 is 0 Å². The molecule has 5 nitrogen and oxygen atoms in total. The van der Waals surface area contributed by atoms with Crippen LogP contribution in [0.3, 0.4) is 0 Å². The highest BCUT2D eigenvalue weighted by atomic mass is 79.9. The molecule has 130 valence electrons. The van der Waals surface area contributed by atoms with Crippen molar-refractivity contribution in [2.24, 2.45) is 4.99 Å². The number of carbonyl (C=O) groups is 1. The van der Waals surface area contributed by atoms with Gasteiger partial charge < -0.3 is 16.8 Å². The summed E-state index contributed by atoms with van der Waals surface area (Å²) in [4.78, 5) is 16.7. The SMILES string of the molecule is Nc1ccc(C=Nc2cc(NC(=O)c3ccc(Br)cc3)ccc2N)cc1. The van der Waals surface area contributed by atoms with E-state index < -0.39 is 0 Å². The third-order valence-electron chi connectivity index (χ3n) is 3.68. The topological polar surface area (TPSA) is 93.5 Å². The van der Waals surface area contributed by atoms with E-state index in [1.165, 1.54) is 0 Å². The number of amides is 1. The smallest absolute Gasteiger partial charge is 0.255 e. The zero-order chi connectivity index (χ0) is 18.5. The molecule has 0 saturated heterocycles. The molecule has 0 atom stereocenters. The molecule has 26 heavy (non-hydrogen) atoms. The molecule has 1 amide bonds. The molecule has 6 heteroatoms. The van der Waals surface area contributed by atoms with Crippen LogP contribution in [-0.2, 0) is 0 Å². The Balaban J connectivity index is 1.77. The lowest BCUT2D eigenvalue weighted by Gasteiger charge is -2.08. The number of nitrogens with two attached hydrogens (primary N) is 2. The number of benzene rings is 3. The summed E-state index contributed by atoms with van der Waals surface area (Å²) in [7, 11) is 0. The summed E-state index contributed by atoms with van der Waals surface area (Å²) >= 11 is 3.35. The number of rotatable bonds is 4. The standard InChI is InChI=1S/C20H17BrN4O/c21-15-5-3-14(4-6-15)20(26)25-17-9-10-18(23)19(11-17)24-12-13-1-7-16(22)8-2-13/h1-12H,22-23H2,(H,25,26). The van der Waals surface area contributed by atoms with Crippen molar-refractivity contribution in [1.29, 1.82) is 0 Å². The van der Waals surface area contributed by atoms with Crippen LogP contribution in [0.4, 0.5) is 22.7 Å². The van der Waals surface area contributed by atoms with Gasteiger partial charge in [-0.2, -0.15) is 0 Å². The molecule has 0 fully saturated rings. The minimum atomic E-state index is -0.198. The maximum absolute atomic E-state index is 12.3. The van der Waals surface area contributed by atoms with Crippen LogP contribution in [0.5, 0.6) is 0 Å². The highest BCUT2D eigenvalue weighted by molar-refractivity contribution is 9.10. The van der Waals surface area contributed by atoms with Crippen LogP contribution < -0.4 is 16.8 Å². The van der Waals surface area contributed by atoms with E-state index in [0.717, 1.165) is 10.0 Å². The molecule has 0 aromatic heterocycles. The molecular weight excluding hydrogens is 392 g/mol. The molecule has 0 radical (unpaired) electrons. The lowest BCUT2D eigenvalue weighted by atomic mass is 10.2. The molecule has 0 aliphatic carbocycles. The van der Waals surface area contributed by atoms with Crippen molar-refractivity contribution in [3.8, 4) is 0 Å². The van der Waals surface area contributed by atoms with Crippen LogP contribution in [0.2, 0.25) is 0 Å². The average molecular weight is 409 g/mol. The second-order valence-corrected chi connectivity index (χ2v) is 6.58. The summed E-state index contributed by atoms with van der Waals surface area (Å²) in [6.07, 6.45) is 1.70. The summed E-state index contributed by atoms with van der Waals surface area (Å²) in [6.45, 7) is 0. The molecule has 5 N–H and O–H groups in total. The fourth-order valence-electron chi connectivity index (χ4n) is 2.26. The monoisotopic (exact) mass is 408 g/mol. The molecule has 3 aromatic carbocycles. The van der Waals surface area contributed by atoms with Gasteiger partial charge in [-0.15, -0.1) is 0 Å². The maximum atomic E-state index is 12.3. The average Bonchev–Trinajstić information content (AvgIpc) is 2.64. The largest absolute Gasteiger partial charge is 0.399 e. The number of hydrogen-bond donors (Lipinski definition) is 3. The number of carbonyl (C=O) groups excluding carboxylic acids is 1. The molecule has 0 saturated carbocycles. The number of anilines is 3. The Morgan fingerprint density at radius 2 is 1.65 bits per heavy atom. The lowest BCUT2D eigenvalue weighted by molar-refractivity contribution is 0.102. The molecule has 0 spiro atoms. The van der Waals surface area contributed by atoms with Gasteiger partial charge in [-0.05, 0) is 60.2 Å². The van der Waals surface area contributed by atoms with Gasteiger partial charge in [0.05, 0.1) is 11.4 Å². The highest BCUT2D eigenvalue weighted by Gasteiger charge is 2.07. The number of nitrogens with zero attached hydrogens (tertiary/aromatic N) is 1. The van der Waals surface area contributed by atoms with Gasteiger partial charge in [0.25, 0.3) is 5.91 Å². The van der Waals surface area contributed by atoms with Crippen molar-refractivity contribution in [3.63, 3.8) is 0 Å². The minimum absolute atomic E-state index is 0.198. The van der Waals surface area contributed by atoms with Crippen molar-refractivity contribution in [2.75, 3.05) is 16.8 Å². The maximum Gasteiger partial charge on any atom is 0.255 e. The Morgan fingerprint density at radius 1 is 0.962 bits per heavy atom. The summed E-state index contributed by atoms with van der Waals surface area (Å²) in [5.41, 5.74) is 15.6. The molecule has 3 rings (SSSR count). The molecule has 0 unspecified atom stereocenters. The summed E-state index contributed by atoms with van der Waals surface area (Å²) in [5, 5.41) is 2.85. The van der Waals surface area contributed by atoms with E-state index in [1.54, 1.807) is 48.7 Å². The van der Waals surface area contributed by atoms with Crippen LogP contribution >= 0.6 is 15.9 Å². The first kappa shape index (κ1) is 17.7. The van der Waals surface area contributed by atoms with Crippen molar-refractivity contribution in [3.05, 3.63) is 82.3 Å². The van der Waals surface area contributed by atoms with Gasteiger partial charge in [-0.1, -0.05) is 28.1 Å². The predicted octanol–water partition coefficient (Wildman–Crippen LogP) is 4.62. The summed E-state index contributed by atoms with van der Waals surface area (Å²) < 4.78 is 0.917. The quantitative estimate of drug-likeness (QED) is 0.434. The Kier molecular flexibility index (Phi) is 5.34. The Bertz CT molecular complexity index is 951. The summed E-state index contributed by atoms with van der Waals surface area (Å²) in [5.74, 6) is -0.198. The first-order valence-electron chi connectivity index (χ1n) is 7.87. The van der Waals surface area contributed by atoms with E-state index in [1.807, 2.05) is 24.3 Å². The first-order valence-corrected chi connectivity index (χ1v) is 8.66. The zero-order valence-electron chi connectivity index (χ0n) is 13.8. The fraction of sp³-hybridized carbons (Fsp3) is 0. The molecule has 0 aliphatic rings. The van der Waals surface area contributed by atoms with Gasteiger partial charge in [-0.25, -0.2) is 0 Å². The number of hydrogen-bond acceptors (Lipinski definition) is 4. The van der Waals surface area contributed by atoms with Crippen molar-refractivity contribution < 1.29 is 4.79 Å². The van der Waals surface area contributed by atoms with Gasteiger partial charge in [0, 0.05) is 27.6 Å². The van der Waals surface area contributed by atoms with Crippen LogP contribution in [0, 0.1) is 0 Å². The van der Waals surface area contributed by atoms with E-state index in [-0.39, 0.29) is 5.91 Å². The molecule has 0 heterocycles. The lowest BCUT2D eigenvalue weighted by Crippen LogP contribution is -2.11. The van der Waals surface area contributed by atoms with Crippen molar-refractivity contribution in [2.45, 2.75) is 0 Å². The third-order valence-corrected chi connectivity index (χ3v) is 4.21. The Hall–Kier alpha value is -3.12. The van der Waals surface area contributed by atoms with Crippen LogP contribution in [0.25, 0.3) is 0 Å². The summed E-state index contributed by atoms with van der Waals surface area (Å²) in [6, 6.07) is 19.7. The van der Waals surface area contributed by atoms with Crippen molar-refractivity contribution >= 4 is 50.8 Å². The minimum Gasteiger partial charge on any atom is -0.399 e. The predicted molar refractivity (Wildman–Crippen MR) is 111 cm³/mol. The Labute approximate surface area is 159 Å². The van der Waals surface area contributed by atoms with E-state index in [2.05, 4.69) is 26.2 Å². The normalized spacial score (nSPS) is 10.8. The molecule has 0 bridgehead atoms. The first-order chi connectivity index (χ1) is 12.5. The second kappa shape index (κ2) is 7.84. The van der Waals surface area contributed by atoms with Gasteiger partial charge in [0.1, 0.15) is 0 Å². The van der Waals surface area contributed by atoms with Crippen LogP contribution in [0.1, 0.15) is 15.9 Å². The molecule has 0 aliphatic heterocycles. The Morgan fingerprint density at radius 3 is 2.35 bits per heavy atom. The molecular formula is C20H17BrN4O. The van der Waals surface area contributed by atoms with Gasteiger partial charge in [0.15, 0.2) is 0 Å². The van der Waals surface area contributed by atoms with Gasteiger partial charge in [0.2, 0.25) is 0 Å². The van der Waals surface area contributed by atoms with E-state index >= 15 is 0 Å². The van der Waals surface area contributed by atoms with Crippen LogP contribution in [0.15, 0.2) is 76.2 Å². The second-order valence-electron chi connectivity index (χ2n) is 5.66. The number of nitrogens with one attached hydrogen (secondary N) is 1. The highest BCUT2D eigenvalue weighted by Crippen LogP contribution is 2.26. The van der Waals surface area contributed by atoms with Gasteiger partial charge in [-0.3, -0.25) is 9.79 Å². The number of nitrogen functional groups attached to an aromatic ring is 2. The zero-order valence-corrected chi connectivity index (χ0v) is 15.4. The number of halogens is 1. The van der Waals surface area contributed by atoms with Crippen LogP contribution in [-0.4, -0.2) is 12.1 Å². The molecule has 3 aromatic rings. The van der Waals surface area contributed by atoms with Crippen molar-refractivity contribution in [1.82, 2.24) is 0 Å². The van der Waals surface area contributed by atoms with E-state index in [0.29, 0.717) is 28.3 Å². The van der Waals surface area contributed by atoms with E-state index in [9.17, 15) is 4.79 Å². The number of aliphatic imine (C=N–C) groups is 1. The fourth-order valence-corrected chi connectivity index (χ4v) is 2.53. The van der Waals surface area contributed by atoms with E-state index in [4.69, 9.17) is 11.5 Å². The third kappa shape index (κ3) is 4.49.